The van der Waals surface area contributed by atoms with Crippen molar-refractivity contribution in [1.82, 2.24) is 10.2 Å². The van der Waals surface area contributed by atoms with Gasteiger partial charge in [0.25, 0.3) is 5.91 Å². The second-order valence-corrected chi connectivity index (χ2v) is 3.84. The maximum absolute atomic E-state index is 12.0. The van der Waals surface area contributed by atoms with Crippen molar-refractivity contribution in [1.29, 1.82) is 0 Å². The first kappa shape index (κ1) is 10.7. The Balaban J connectivity index is 2.11. The number of nitrogens with one attached hydrogen (secondary N) is 1. The molecule has 2 heterocycles. The van der Waals surface area contributed by atoms with E-state index in [1.807, 2.05) is 0 Å². The highest BCUT2D eigenvalue weighted by atomic mass is 16.3. The van der Waals surface area contributed by atoms with E-state index < -0.39 is 0 Å². The van der Waals surface area contributed by atoms with Gasteiger partial charge in [0.15, 0.2) is 5.76 Å². The Morgan fingerprint density at radius 2 is 2.31 bits per heavy atom. The molecular weight excluding hydrogens is 208 g/mol. The molecule has 0 aromatic carbocycles. The first-order chi connectivity index (χ1) is 7.66. The number of aryl methyl sites for hydroxylation is 1. The van der Waals surface area contributed by atoms with Crippen LogP contribution in [0.2, 0.25) is 0 Å². The molecule has 2 rings (SSSR count). The first-order valence-electron chi connectivity index (χ1n) is 5.29. The summed E-state index contributed by atoms with van der Waals surface area (Å²) in [5.74, 6) is 0.661. The van der Waals surface area contributed by atoms with Crippen LogP contribution in [0.3, 0.4) is 0 Å². The second kappa shape index (κ2) is 4.38. The van der Waals surface area contributed by atoms with Gasteiger partial charge < -0.3 is 14.6 Å². The van der Waals surface area contributed by atoms with Crippen LogP contribution < -0.4 is 5.32 Å². The lowest BCUT2D eigenvalue weighted by atomic mass is 10.3. The molecule has 1 saturated heterocycles. The molecule has 0 aliphatic carbocycles. The summed E-state index contributed by atoms with van der Waals surface area (Å²) in [6.45, 7) is 3.10. The zero-order valence-corrected chi connectivity index (χ0v) is 9.16. The summed E-state index contributed by atoms with van der Waals surface area (Å²) in [5.41, 5.74) is 0. The molecule has 86 valence electrons. The van der Waals surface area contributed by atoms with E-state index >= 15 is 0 Å². The van der Waals surface area contributed by atoms with Crippen LogP contribution in [0.15, 0.2) is 16.5 Å². The summed E-state index contributed by atoms with van der Waals surface area (Å²) < 4.78 is 5.25. The van der Waals surface area contributed by atoms with Crippen LogP contribution in [0.5, 0.6) is 0 Å². The number of amides is 2. The number of hydrogen-bond acceptors (Lipinski definition) is 3. The number of carbonyl (C=O) groups excluding carboxylic acids is 2. The predicted octanol–water partition coefficient (Wildman–Crippen LogP) is 0.550. The molecule has 0 atom stereocenters. The molecule has 1 aliphatic heterocycles. The third-order valence-electron chi connectivity index (χ3n) is 2.50. The monoisotopic (exact) mass is 222 g/mol. The lowest BCUT2D eigenvalue weighted by Crippen LogP contribution is -2.37. The molecule has 1 N–H and O–H groups in total. The second-order valence-electron chi connectivity index (χ2n) is 3.84. The van der Waals surface area contributed by atoms with E-state index in [-0.39, 0.29) is 18.4 Å². The average Bonchev–Trinajstić information content (AvgIpc) is 2.56. The van der Waals surface area contributed by atoms with Gasteiger partial charge in [0.2, 0.25) is 5.91 Å². The molecule has 1 aromatic heterocycles. The summed E-state index contributed by atoms with van der Waals surface area (Å²) >= 11 is 0. The maximum atomic E-state index is 12.0. The Labute approximate surface area is 93.4 Å². The van der Waals surface area contributed by atoms with Crippen LogP contribution in [0.25, 0.3) is 0 Å². The van der Waals surface area contributed by atoms with Gasteiger partial charge in [0.05, 0.1) is 6.54 Å². The average molecular weight is 222 g/mol. The molecule has 0 spiro atoms. The number of furan rings is 1. The van der Waals surface area contributed by atoms with Crippen molar-refractivity contribution in [3.8, 4) is 0 Å². The Bertz CT molecular complexity index is 411. The number of hydrogen-bond donors (Lipinski definition) is 1. The van der Waals surface area contributed by atoms with Gasteiger partial charge in [0, 0.05) is 13.1 Å². The SMILES string of the molecule is Cc1ccc(C(=O)N2CCCNC(=O)C2)o1. The van der Waals surface area contributed by atoms with E-state index in [2.05, 4.69) is 5.32 Å². The molecule has 0 saturated carbocycles. The molecule has 5 heteroatoms. The fourth-order valence-electron chi connectivity index (χ4n) is 1.68. The van der Waals surface area contributed by atoms with Crippen LogP contribution in [0, 0.1) is 6.92 Å². The van der Waals surface area contributed by atoms with Gasteiger partial charge in [-0.1, -0.05) is 0 Å². The molecule has 1 fully saturated rings. The van der Waals surface area contributed by atoms with Crippen molar-refractivity contribution in [2.24, 2.45) is 0 Å². The lowest BCUT2D eigenvalue weighted by molar-refractivity contribution is -0.121. The van der Waals surface area contributed by atoms with Crippen LogP contribution in [0.4, 0.5) is 0 Å². The van der Waals surface area contributed by atoms with E-state index in [1.165, 1.54) is 4.90 Å². The Kier molecular flexibility index (Phi) is 2.94. The predicted molar refractivity (Wildman–Crippen MR) is 57.0 cm³/mol. The highest BCUT2D eigenvalue weighted by molar-refractivity contribution is 5.94. The van der Waals surface area contributed by atoms with Crippen molar-refractivity contribution in [2.75, 3.05) is 19.6 Å². The molecular formula is C11H14N2O3. The van der Waals surface area contributed by atoms with E-state index in [9.17, 15) is 9.59 Å². The summed E-state index contributed by atoms with van der Waals surface area (Å²) in [6.07, 6.45) is 0.775. The van der Waals surface area contributed by atoms with Gasteiger partial charge >= 0.3 is 0 Å². The van der Waals surface area contributed by atoms with Gasteiger partial charge in [-0.25, -0.2) is 0 Å². The number of nitrogens with zero attached hydrogens (tertiary/aromatic N) is 1. The summed E-state index contributed by atoms with van der Waals surface area (Å²) in [5, 5.41) is 2.72. The van der Waals surface area contributed by atoms with Gasteiger partial charge in [-0.05, 0) is 25.5 Å². The topological polar surface area (TPSA) is 62.6 Å². The smallest absolute Gasteiger partial charge is 0.290 e. The summed E-state index contributed by atoms with van der Waals surface area (Å²) in [4.78, 5) is 24.8. The number of carbonyl (C=O) groups is 2. The third-order valence-corrected chi connectivity index (χ3v) is 2.50. The molecule has 2 amide bonds. The zero-order valence-electron chi connectivity index (χ0n) is 9.16. The van der Waals surface area contributed by atoms with Gasteiger partial charge in [-0.3, -0.25) is 9.59 Å². The van der Waals surface area contributed by atoms with Crippen molar-refractivity contribution in [3.05, 3.63) is 23.7 Å². The summed E-state index contributed by atoms with van der Waals surface area (Å²) in [6, 6.07) is 3.38. The van der Waals surface area contributed by atoms with Gasteiger partial charge in [-0.2, -0.15) is 0 Å². The van der Waals surface area contributed by atoms with Crippen LogP contribution in [-0.4, -0.2) is 36.3 Å². The molecule has 5 nitrogen and oxygen atoms in total. The molecule has 0 unspecified atom stereocenters. The number of rotatable bonds is 1. The van der Waals surface area contributed by atoms with Crippen LogP contribution in [-0.2, 0) is 4.79 Å². The summed E-state index contributed by atoms with van der Waals surface area (Å²) in [7, 11) is 0. The largest absolute Gasteiger partial charge is 0.456 e. The standard InChI is InChI=1S/C11H14N2O3/c1-8-3-4-9(16-8)11(15)13-6-2-5-12-10(14)7-13/h3-4H,2,5-7H2,1H3,(H,12,14). The molecule has 0 radical (unpaired) electrons. The molecule has 1 aliphatic rings. The van der Waals surface area contributed by atoms with Crippen molar-refractivity contribution < 1.29 is 14.0 Å². The van der Waals surface area contributed by atoms with Crippen LogP contribution in [0.1, 0.15) is 22.7 Å². The normalized spacial score (nSPS) is 16.8. The van der Waals surface area contributed by atoms with Gasteiger partial charge in [-0.15, -0.1) is 0 Å². The minimum Gasteiger partial charge on any atom is -0.456 e. The fraction of sp³-hybridized carbons (Fsp3) is 0.455. The molecule has 0 bridgehead atoms. The first-order valence-corrected chi connectivity index (χ1v) is 5.29. The molecule has 16 heavy (non-hydrogen) atoms. The quantitative estimate of drug-likeness (QED) is 0.754. The highest BCUT2D eigenvalue weighted by Gasteiger charge is 2.22. The van der Waals surface area contributed by atoms with Crippen molar-refractivity contribution in [3.63, 3.8) is 0 Å². The minimum atomic E-state index is -0.217. The Morgan fingerprint density at radius 3 is 3.00 bits per heavy atom. The van der Waals surface area contributed by atoms with E-state index in [1.54, 1.807) is 19.1 Å². The lowest BCUT2D eigenvalue weighted by Gasteiger charge is -2.17. The van der Waals surface area contributed by atoms with Crippen molar-refractivity contribution >= 4 is 11.8 Å². The van der Waals surface area contributed by atoms with Gasteiger partial charge in [0.1, 0.15) is 5.76 Å². The zero-order chi connectivity index (χ0) is 11.5. The Morgan fingerprint density at radius 1 is 1.50 bits per heavy atom. The third kappa shape index (κ3) is 2.24. The van der Waals surface area contributed by atoms with E-state index in [0.717, 1.165) is 6.42 Å². The fourth-order valence-corrected chi connectivity index (χ4v) is 1.68. The van der Waals surface area contributed by atoms with E-state index in [4.69, 9.17) is 4.42 Å². The van der Waals surface area contributed by atoms with Crippen molar-refractivity contribution in [2.45, 2.75) is 13.3 Å². The Hall–Kier alpha value is -1.78. The van der Waals surface area contributed by atoms with Crippen LogP contribution >= 0.6 is 0 Å². The maximum Gasteiger partial charge on any atom is 0.290 e. The van der Waals surface area contributed by atoms with E-state index in [0.29, 0.717) is 24.6 Å². The minimum absolute atomic E-state index is 0.110. The molecule has 1 aromatic rings. The highest BCUT2D eigenvalue weighted by Crippen LogP contribution is 2.10.